The Morgan fingerprint density at radius 3 is 2.71 bits per heavy atom. The number of carbonyl (C=O) groups excluding carboxylic acids is 1. The second kappa shape index (κ2) is 9.18. The average molecular weight is 520 g/mol. The van der Waals surface area contributed by atoms with Crippen LogP contribution in [0.1, 0.15) is 55.1 Å². The van der Waals surface area contributed by atoms with Crippen LogP contribution in [-0.4, -0.2) is 26.3 Å². The van der Waals surface area contributed by atoms with Gasteiger partial charge in [0.05, 0.1) is 17.1 Å². The van der Waals surface area contributed by atoms with E-state index < -0.39 is 5.91 Å². The zero-order valence-corrected chi connectivity index (χ0v) is 20.6. The number of primary amides is 1. The number of nitrogens with zero attached hydrogens (tertiary/aromatic N) is 4. The van der Waals surface area contributed by atoms with Crippen molar-refractivity contribution in [3.8, 4) is 0 Å². The van der Waals surface area contributed by atoms with Gasteiger partial charge >= 0.3 is 0 Å². The quantitative estimate of drug-likeness (QED) is 0.382. The summed E-state index contributed by atoms with van der Waals surface area (Å²) in [7, 11) is 0. The number of rotatable bonds is 5. The number of amides is 1. The molecule has 7 nitrogen and oxygen atoms in total. The van der Waals surface area contributed by atoms with Gasteiger partial charge in [-0.25, -0.2) is 4.98 Å². The Hall–Kier alpha value is -3.26. The standard InChI is InChI=1S/C26H26BrN5O2/c1-16-21(19-9-5-6-10-23(19)31(16)15-24(28)33)14-29-32-25(17-7-3-2-4-8-17)30-22-12-11-18(27)13-20(22)26(32)34/h5-6,9-14,17H,2-4,7-8,15H2,1H3,(H2,28,33). The van der Waals surface area contributed by atoms with Gasteiger partial charge in [-0.05, 0) is 44.0 Å². The number of benzene rings is 2. The van der Waals surface area contributed by atoms with Crippen molar-refractivity contribution in [1.82, 2.24) is 14.2 Å². The van der Waals surface area contributed by atoms with E-state index in [1.807, 2.05) is 47.9 Å². The summed E-state index contributed by atoms with van der Waals surface area (Å²) in [5.74, 6) is 0.505. The average Bonchev–Trinajstić information content (AvgIpc) is 3.09. The molecule has 0 bridgehead atoms. The van der Waals surface area contributed by atoms with Crippen molar-refractivity contribution in [3.05, 3.63) is 74.4 Å². The second-order valence-corrected chi connectivity index (χ2v) is 9.81. The van der Waals surface area contributed by atoms with Crippen molar-refractivity contribution in [3.63, 3.8) is 0 Å². The Morgan fingerprint density at radius 2 is 1.94 bits per heavy atom. The molecule has 0 spiro atoms. The number of fused-ring (bicyclic) bond motifs is 2. The maximum atomic E-state index is 13.6. The highest BCUT2D eigenvalue weighted by atomic mass is 79.9. The number of nitrogens with two attached hydrogens (primary N) is 1. The zero-order valence-electron chi connectivity index (χ0n) is 19.0. The summed E-state index contributed by atoms with van der Waals surface area (Å²) in [4.78, 5) is 30.2. The summed E-state index contributed by atoms with van der Waals surface area (Å²) in [5.41, 5.74) is 8.63. The molecule has 0 aliphatic heterocycles. The molecule has 2 N–H and O–H groups in total. The lowest BCUT2D eigenvalue weighted by Gasteiger charge is -2.22. The number of hydrogen-bond acceptors (Lipinski definition) is 4. The monoisotopic (exact) mass is 519 g/mol. The molecule has 2 aromatic heterocycles. The summed E-state index contributed by atoms with van der Waals surface area (Å²) in [6, 6.07) is 13.4. The van der Waals surface area contributed by atoms with Crippen LogP contribution in [0.5, 0.6) is 0 Å². The molecule has 174 valence electrons. The number of para-hydroxylation sites is 1. The van der Waals surface area contributed by atoms with E-state index in [0.29, 0.717) is 16.7 Å². The fraction of sp³-hybridized carbons (Fsp3) is 0.308. The van der Waals surface area contributed by atoms with Gasteiger partial charge in [0, 0.05) is 32.6 Å². The van der Waals surface area contributed by atoms with Gasteiger partial charge in [-0.2, -0.15) is 9.78 Å². The van der Waals surface area contributed by atoms with Crippen molar-refractivity contribution in [2.75, 3.05) is 0 Å². The third-order valence-electron chi connectivity index (χ3n) is 6.70. The van der Waals surface area contributed by atoms with E-state index in [9.17, 15) is 9.59 Å². The number of hydrogen-bond donors (Lipinski definition) is 1. The summed E-state index contributed by atoms with van der Waals surface area (Å²) in [5, 5.41) is 6.19. The van der Waals surface area contributed by atoms with Crippen molar-refractivity contribution < 1.29 is 4.79 Å². The molecule has 1 amide bonds. The van der Waals surface area contributed by atoms with Crippen molar-refractivity contribution in [1.29, 1.82) is 0 Å². The Balaban J connectivity index is 1.69. The molecular formula is C26H26BrN5O2. The van der Waals surface area contributed by atoms with Crippen molar-refractivity contribution in [2.45, 2.75) is 51.5 Å². The minimum absolute atomic E-state index is 0.0824. The maximum absolute atomic E-state index is 13.6. The van der Waals surface area contributed by atoms with E-state index in [0.717, 1.165) is 52.3 Å². The van der Waals surface area contributed by atoms with E-state index in [4.69, 9.17) is 15.8 Å². The number of halogens is 1. The molecule has 5 rings (SSSR count). The fourth-order valence-electron chi connectivity index (χ4n) is 5.00. The van der Waals surface area contributed by atoms with Gasteiger partial charge in [-0.3, -0.25) is 9.59 Å². The van der Waals surface area contributed by atoms with Gasteiger partial charge in [0.1, 0.15) is 12.4 Å². The number of aromatic nitrogens is 3. The first-order valence-corrected chi connectivity index (χ1v) is 12.4. The highest BCUT2D eigenvalue weighted by Crippen LogP contribution is 2.32. The Morgan fingerprint density at radius 1 is 1.18 bits per heavy atom. The van der Waals surface area contributed by atoms with Crippen LogP contribution in [0.3, 0.4) is 0 Å². The van der Waals surface area contributed by atoms with Crippen LogP contribution in [0, 0.1) is 6.92 Å². The third-order valence-corrected chi connectivity index (χ3v) is 7.19. The molecule has 1 aliphatic rings. The van der Waals surface area contributed by atoms with Gasteiger partial charge in [-0.1, -0.05) is 53.4 Å². The van der Waals surface area contributed by atoms with Gasteiger partial charge in [0.15, 0.2) is 0 Å². The van der Waals surface area contributed by atoms with Gasteiger partial charge in [0.2, 0.25) is 5.91 Å². The van der Waals surface area contributed by atoms with Gasteiger partial charge in [0.25, 0.3) is 5.56 Å². The molecule has 0 saturated heterocycles. The molecule has 1 aliphatic carbocycles. The SMILES string of the molecule is Cc1c(C=Nn2c(C3CCCCC3)nc3ccc(Br)cc3c2=O)c2ccccc2n1CC(N)=O. The van der Waals surface area contributed by atoms with Crippen LogP contribution in [0.15, 0.2) is 56.8 Å². The Labute approximate surface area is 205 Å². The van der Waals surface area contributed by atoms with Crippen LogP contribution in [0.4, 0.5) is 0 Å². The molecule has 2 aromatic carbocycles. The molecule has 2 heterocycles. The Kier molecular flexibility index (Phi) is 6.08. The van der Waals surface area contributed by atoms with Crippen molar-refractivity contribution in [2.24, 2.45) is 10.8 Å². The lowest BCUT2D eigenvalue weighted by molar-refractivity contribution is -0.118. The minimum Gasteiger partial charge on any atom is -0.368 e. The molecular weight excluding hydrogens is 494 g/mol. The lowest BCUT2D eigenvalue weighted by Crippen LogP contribution is -2.25. The first-order chi connectivity index (χ1) is 16.4. The van der Waals surface area contributed by atoms with Gasteiger partial charge in [-0.15, -0.1) is 0 Å². The summed E-state index contributed by atoms with van der Waals surface area (Å²) >= 11 is 3.47. The maximum Gasteiger partial charge on any atom is 0.282 e. The molecule has 1 saturated carbocycles. The van der Waals surface area contributed by atoms with Gasteiger partial charge < -0.3 is 10.3 Å². The summed E-state index contributed by atoms with van der Waals surface area (Å²) in [6.07, 6.45) is 7.18. The van der Waals surface area contributed by atoms with Crippen LogP contribution >= 0.6 is 15.9 Å². The van der Waals surface area contributed by atoms with Crippen LogP contribution in [0.2, 0.25) is 0 Å². The normalized spacial score (nSPS) is 15.0. The molecule has 0 radical (unpaired) electrons. The third kappa shape index (κ3) is 4.07. The topological polar surface area (TPSA) is 95.3 Å². The molecule has 0 atom stereocenters. The minimum atomic E-state index is -0.410. The van der Waals surface area contributed by atoms with E-state index in [-0.39, 0.29) is 18.0 Å². The molecule has 1 fully saturated rings. The van der Waals surface area contributed by atoms with E-state index in [2.05, 4.69) is 15.9 Å². The first kappa shape index (κ1) is 22.5. The van der Waals surface area contributed by atoms with E-state index in [1.165, 1.54) is 11.1 Å². The molecule has 34 heavy (non-hydrogen) atoms. The predicted octanol–water partition coefficient (Wildman–Crippen LogP) is 4.84. The highest BCUT2D eigenvalue weighted by molar-refractivity contribution is 9.10. The first-order valence-electron chi connectivity index (χ1n) is 11.6. The number of carbonyl (C=O) groups is 1. The van der Waals surface area contributed by atoms with E-state index >= 15 is 0 Å². The summed E-state index contributed by atoms with van der Waals surface area (Å²) in [6.45, 7) is 2.02. The van der Waals surface area contributed by atoms with Crippen molar-refractivity contribution >= 4 is 49.9 Å². The molecule has 4 aromatic rings. The van der Waals surface area contributed by atoms with Crippen LogP contribution in [-0.2, 0) is 11.3 Å². The lowest BCUT2D eigenvalue weighted by atomic mass is 9.88. The highest BCUT2D eigenvalue weighted by Gasteiger charge is 2.23. The molecule has 0 unspecified atom stereocenters. The fourth-order valence-corrected chi connectivity index (χ4v) is 5.36. The van der Waals surface area contributed by atoms with Crippen LogP contribution < -0.4 is 11.3 Å². The zero-order chi connectivity index (χ0) is 23.8. The van der Waals surface area contributed by atoms with Crippen LogP contribution in [0.25, 0.3) is 21.8 Å². The largest absolute Gasteiger partial charge is 0.368 e. The summed E-state index contributed by atoms with van der Waals surface area (Å²) < 4.78 is 4.19. The Bertz CT molecular complexity index is 1490. The van der Waals surface area contributed by atoms with E-state index in [1.54, 1.807) is 12.3 Å². The smallest absolute Gasteiger partial charge is 0.282 e. The second-order valence-electron chi connectivity index (χ2n) is 8.90. The predicted molar refractivity (Wildman–Crippen MR) is 138 cm³/mol. The molecule has 8 heteroatoms.